The van der Waals surface area contributed by atoms with Gasteiger partial charge in [0.25, 0.3) is 0 Å². The molecule has 0 aromatic heterocycles. The van der Waals surface area contributed by atoms with Crippen LogP contribution in [0.4, 0.5) is 0 Å². The molecule has 27 heavy (non-hydrogen) atoms. The molecule has 2 heterocycles. The van der Waals surface area contributed by atoms with E-state index in [9.17, 15) is 8.42 Å². The lowest BCUT2D eigenvalue weighted by Crippen LogP contribution is -2.44. The second kappa shape index (κ2) is 9.55. The first-order chi connectivity index (χ1) is 13.1. The van der Waals surface area contributed by atoms with E-state index >= 15 is 0 Å². The molecule has 2 N–H and O–H groups in total. The highest BCUT2D eigenvalue weighted by molar-refractivity contribution is 7.91. The number of likely N-dealkylation sites (tertiary alicyclic amines) is 1. The number of benzene rings is 1. The second-order valence-electron chi connectivity index (χ2n) is 7.54. The molecule has 6 nitrogen and oxygen atoms in total. The highest BCUT2D eigenvalue weighted by atomic mass is 32.2. The number of hydrogen-bond donors (Lipinski definition) is 2. The van der Waals surface area contributed by atoms with Gasteiger partial charge in [-0.3, -0.25) is 4.90 Å². The molecular formula is C20H32N4O2S. The minimum atomic E-state index is -2.90. The summed E-state index contributed by atoms with van der Waals surface area (Å²) in [6.45, 7) is 6.71. The summed E-state index contributed by atoms with van der Waals surface area (Å²) in [5.74, 6) is 1.17. The van der Waals surface area contributed by atoms with Crippen molar-refractivity contribution in [3.05, 3.63) is 35.4 Å². The first-order valence-corrected chi connectivity index (χ1v) is 11.9. The van der Waals surface area contributed by atoms with Crippen LogP contribution < -0.4 is 10.6 Å². The van der Waals surface area contributed by atoms with Crippen molar-refractivity contribution in [1.82, 2.24) is 15.5 Å². The fraction of sp³-hybridized carbons (Fsp3) is 0.650. The Kier molecular flexibility index (Phi) is 7.13. The minimum absolute atomic E-state index is 0.0450. The van der Waals surface area contributed by atoms with Crippen molar-refractivity contribution >= 4 is 15.8 Å². The molecule has 0 saturated carbocycles. The summed E-state index contributed by atoms with van der Waals surface area (Å²) in [5.41, 5.74) is 2.57. The summed E-state index contributed by atoms with van der Waals surface area (Å²) in [7, 11) is -2.90. The molecule has 0 radical (unpaired) electrons. The monoisotopic (exact) mass is 392 g/mol. The van der Waals surface area contributed by atoms with Gasteiger partial charge in [-0.1, -0.05) is 30.7 Å². The molecule has 1 aromatic carbocycles. The largest absolute Gasteiger partial charge is 0.357 e. The molecule has 1 unspecified atom stereocenters. The summed E-state index contributed by atoms with van der Waals surface area (Å²) in [6, 6.07) is 8.46. The van der Waals surface area contributed by atoms with Gasteiger partial charge in [0.05, 0.1) is 18.1 Å². The van der Waals surface area contributed by atoms with Gasteiger partial charge >= 0.3 is 0 Å². The van der Waals surface area contributed by atoms with Crippen molar-refractivity contribution in [2.75, 3.05) is 31.1 Å². The van der Waals surface area contributed by atoms with E-state index in [1.54, 1.807) is 0 Å². The number of hydrogen-bond acceptors (Lipinski definition) is 4. The predicted molar refractivity (Wildman–Crippen MR) is 111 cm³/mol. The van der Waals surface area contributed by atoms with Gasteiger partial charge in [0.15, 0.2) is 15.8 Å². The van der Waals surface area contributed by atoms with E-state index in [1.807, 2.05) is 6.92 Å². The molecule has 2 saturated heterocycles. The first kappa shape index (κ1) is 20.1. The van der Waals surface area contributed by atoms with Gasteiger partial charge in [-0.05, 0) is 50.4 Å². The lowest BCUT2D eigenvalue weighted by molar-refractivity contribution is 0.220. The van der Waals surface area contributed by atoms with Crippen molar-refractivity contribution in [1.29, 1.82) is 0 Å². The SMILES string of the molecule is CCNC(=NCc1ccccc1CN1CCCCC1)NC1CCS(=O)(=O)C1. The molecule has 3 rings (SSSR count). The topological polar surface area (TPSA) is 73.8 Å². The lowest BCUT2D eigenvalue weighted by atomic mass is 10.1. The van der Waals surface area contributed by atoms with Crippen LogP contribution in [0.5, 0.6) is 0 Å². The van der Waals surface area contributed by atoms with Crippen molar-refractivity contribution in [2.45, 2.75) is 51.7 Å². The van der Waals surface area contributed by atoms with E-state index in [0.29, 0.717) is 18.9 Å². The van der Waals surface area contributed by atoms with E-state index in [4.69, 9.17) is 4.99 Å². The quantitative estimate of drug-likeness (QED) is 0.571. The molecule has 0 amide bonds. The van der Waals surface area contributed by atoms with Gasteiger partial charge in [-0.25, -0.2) is 13.4 Å². The Morgan fingerprint density at radius 2 is 1.93 bits per heavy atom. The molecule has 1 atom stereocenters. The van der Waals surface area contributed by atoms with Gasteiger partial charge in [0.2, 0.25) is 0 Å². The molecular weight excluding hydrogens is 360 g/mol. The molecule has 7 heteroatoms. The number of sulfone groups is 1. The second-order valence-corrected chi connectivity index (χ2v) is 9.77. The third-order valence-corrected chi connectivity index (χ3v) is 7.05. The van der Waals surface area contributed by atoms with E-state index < -0.39 is 9.84 Å². The van der Waals surface area contributed by atoms with Crippen LogP contribution in [0.2, 0.25) is 0 Å². The predicted octanol–water partition coefficient (Wildman–Crippen LogP) is 1.91. The number of piperidine rings is 1. The van der Waals surface area contributed by atoms with Gasteiger partial charge < -0.3 is 10.6 Å². The highest BCUT2D eigenvalue weighted by Crippen LogP contribution is 2.17. The van der Waals surface area contributed by atoms with Crippen LogP contribution in [0, 0.1) is 0 Å². The fourth-order valence-corrected chi connectivity index (χ4v) is 5.48. The Labute approximate surface area is 163 Å². The Morgan fingerprint density at radius 3 is 2.59 bits per heavy atom. The molecule has 0 spiro atoms. The maximum atomic E-state index is 11.7. The number of rotatable bonds is 6. The summed E-state index contributed by atoms with van der Waals surface area (Å²) in [5, 5.41) is 6.53. The molecule has 1 aromatic rings. The van der Waals surface area contributed by atoms with Crippen molar-refractivity contribution in [3.63, 3.8) is 0 Å². The Bertz CT molecular complexity index is 742. The van der Waals surface area contributed by atoms with Crippen molar-refractivity contribution in [2.24, 2.45) is 4.99 Å². The number of nitrogens with zero attached hydrogens (tertiary/aromatic N) is 2. The maximum Gasteiger partial charge on any atom is 0.191 e. The van der Waals surface area contributed by atoms with Crippen LogP contribution in [0.1, 0.15) is 43.7 Å². The lowest BCUT2D eigenvalue weighted by Gasteiger charge is -2.27. The van der Waals surface area contributed by atoms with Crippen molar-refractivity contribution < 1.29 is 8.42 Å². The van der Waals surface area contributed by atoms with Crippen LogP contribution in [0.3, 0.4) is 0 Å². The molecule has 0 bridgehead atoms. The Hall–Kier alpha value is -1.60. The van der Waals surface area contributed by atoms with Gasteiger partial charge in [0, 0.05) is 19.1 Å². The Balaban J connectivity index is 1.65. The third kappa shape index (κ3) is 6.21. The normalized spacial score (nSPS) is 23.3. The van der Waals surface area contributed by atoms with Gasteiger partial charge in [-0.15, -0.1) is 0 Å². The third-order valence-electron chi connectivity index (χ3n) is 5.29. The molecule has 2 aliphatic heterocycles. The highest BCUT2D eigenvalue weighted by Gasteiger charge is 2.28. The summed E-state index contributed by atoms with van der Waals surface area (Å²) < 4.78 is 23.4. The van der Waals surface area contributed by atoms with E-state index in [0.717, 1.165) is 13.1 Å². The maximum absolute atomic E-state index is 11.7. The fourth-order valence-electron chi connectivity index (χ4n) is 3.81. The molecule has 2 aliphatic rings. The van der Waals surface area contributed by atoms with E-state index in [2.05, 4.69) is 39.8 Å². The van der Waals surface area contributed by atoms with Crippen LogP contribution in [-0.2, 0) is 22.9 Å². The van der Waals surface area contributed by atoms with Crippen molar-refractivity contribution in [3.8, 4) is 0 Å². The summed E-state index contributed by atoms with van der Waals surface area (Å²) in [4.78, 5) is 7.26. The number of aliphatic imine (C=N–C) groups is 1. The zero-order chi connectivity index (χ0) is 19.1. The van der Waals surface area contributed by atoms with Gasteiger partial charge in [0.1, 0.15) is 0 Å². The molecule has 150 valence electrons. The summed E-state index contributed by atoms with van der Waals surface area (Å²) in [6.07, 6.45) is 4.58. The summed E-state index contributed by atoms with van der Waals surface area (Å²) >= 11 is 0. The van der Waals surface area contributed by atoms with Crippen LogP contribution in [0.25, 0.3) is 0 Å². The zero-order valence-electron chi connectivity index (χ0n) is 16.3. The zero-order valence-corrected chi connectivity index (χ0v) is 17.1. The van der Waals surface area contributed by atoms with E-state index in [1.165, 1.54) is 43.5 Å². The molecule has 0 aliphatic carbocycles. The average molecular weight is 393 g/mol. The average Bonchev–Trinajstić information content (AvgIpc) is 3.00. The number of guanidine groups is 1. The molecule has 2 fully saturated rings. The first-order valence-electron chi connectivity index (χ1n) is 10.1. The standard InChI is InChI=1S/C20H32N4O2S/c1-2-21-20(23-19-10-13-27(25,26)16-19)22-14-17-8-4-5-9-18(17)15-24-11-6-3-7-12-24/h4-5,8-9,19H,2-3,6-7,10-16H2,1H3,(H2,21,22,23). The number of nitrogens with one attached hydrogen (secondary N) is 2. The Morgan fingerprint density at radius 1 is 1.19 bits per heavy atom. The van der Waals surface area contributed by atoms with Crippen LogP contribution >= 0.6 is 0 Å². The van der Waals surface area contributed by atoms with E-state index in [-0.39, 0.29) is 17.5 Å². The smallest absolute Gasteiger partial charge is 0.191 e. The van der Waals surface area contributed by atoms with Crippen LogP contribution in [0.15, 0.2) is 29.3 Å². The van der Waals surface area contributed by atoms with Gasteiger partial charge in [-0.2, -0.15) is 0 Å². The van der Waals surface area contributed by atoms with Crippen LogP contribution in [-0.4, -0.2) is 56.5 Å². The minimum Gasteiger partial charge on any atom is -0.357 e.